The predicted octanol–water partition coefficient (Wildman–Crippen LogP) is 3.37. The molecular weight excluding hydrogens is 266 g/mol. The molecule has 0 aliphatic heterocycles. The number of nitrogen functional groups attached to an aromatic ring is 1. The van der Waals surface area contributed by atoms with Crippen LogP contribution in [-0.2, 0) is 0 Å². The lowest BCUT2D eigenvalue weighted by Crippen LogP contribution is -1.96. The van der Waals surface area contributed by atoms with Gasteiger partial charge >= 0.3 is 0 Å². The van der Waals surface area contributed by atoms with Crippen molar-refractivity contribution in [1.82, 2.24) is 9.36 Å². The molecule has 4 nitrogen and oxygen atoms in total. The van der Waals surface area contributed by atoms with Gasteiger partial charge in [-0.1, -0.05) is 18.7 Å². The molecule has 1 aromatic heterocycles. The van der Waals surface area contributed by atoms with Crippen molar-refractivity contribution in [3.05, 3.63) is 24.0 Å². The van der Waals surface area contributed by atoms with Crippen LogP contribution in [0.3, 0.4) is 0 Å². The first kappa shape index (κ1) is 13.2. The minimum absolute atomic E-state index is 0.700. The molecule has 0 saturated carbocycles. The highest BCUT2D eigenvalue weighted by Crippen LogP contribution is 2.33. The van der Waals surface area contributed by atoms with Crippen molar-refractivity contribution < 1.29 is 4.74 Å². The summed E-state index contributed by atoms with van der Waals surface area (Å²) in [5, 5.41) is 0. The van der Waals surface area contributed by atoms with Crippen molar-refractivity contribution in [2.45, 2.75) is 29.5 Å². The summed E-state index contributed by atoms with van der Waals surface area (Å²) in [7, 11) is 0. The smallest absolute Gasteiger partial charge is 0.174 e. The third-order valence-electron chi connectivity index (χ3n) is 2.09. The zero-order valence-electron chi connectivity index (χ0n) is 10.3. The Morgan fingerprint density at radius 1 is 1.39 bits per heavy atom. The van der Waals surface area contributed by atoms with Crippen molar-refractivity contribution >= 4 is 29.0 Å². The Labute approximate surface area is 115 Å². The molecule has 2 rings (SSSR count). The Morgan fingerprint density at radius 2 is 2.22 bits per heavy atom. The predicted molar refractivity (Wildman–Crippen MR) is 75.4 cm³/mol. The highest BCUT2D eigenvalue weighted by atomic mass is 32.2. The minimum atomic E-state index is 0.700. The highest BCUT2D eigenvalue weighted by Gasteiger charge is 2.06. The molecule has 2 aromatic rings. The van der Waals surface area contributed by atoms with Crippen LogP contribution in [0.2, 0.25) is 0 Å². The van der Waals surface area contributed by atoms with Gasteiger partial charge in [-0.05, 0) is 37.0 Å². The molecule has 2 N–H and O–H groups in total. The van der Waals surface area contributed by atoms with Crippen LogP contribution in [0.15, 0.2) is 27.4 Å². The maximum atomic E-state index is 5.86. The van der Waals surface area contributed by atoms with Gasteiger partial charge in [0.2, 0.25) is 0 Å². The second-order valence-corrected chi connectivity index (χ2v) is 5.87. The van der Waals surface area contributed by atoms with E-state index in [0.717, 1.165) is 27.2 Å². The number of hydrogen-bond donors (Lipinski definition) is 1. The Balaban J connectivity index is 2.14. The fourth-order valence-corrected chi connectivity index (χ4v) is 3.10. The lowest BCUT2D eigenvalue weighted by Gasteiger charge is -2.07. The summed E-state index contributed by atoms with van der Waals surface area (Å²) in [6.45, 7) is 4.66. The number of anilines is 1. The largest absolute Gasteiger partial charge is 0.493 e. The van der Waals surface area contributed by atoms with Crippen LogP contribution in [0.5, 0.6) is 5.75 Å². The average Bonchev–Trinajstić information content (AvgIpc) is 2.71. The number of hydrogen-bond acceptors (Lipinski definition) is 6. The van der Waals surface area contributed by atoms with Crippen molar-refractivity contribution in [3.63, 3.8) is 0 Å². The number of ether oxygens (including phenoxy) is 1. The molecule has 0 fully saturated rings. The van der Waals surface area contributed by atoms with Crippen LogP contribution < -0.4 is 10.5 Å². The number of rotatable bonds is 5. The molecule has 0 spiro atoms. The summed E-state index contributed by atoms with van der Waals surface area (Å²) < 4.78 is 10.7. The van der Waals surface area contributed by atoms with Gasteiger partial charge < -0.3 is 10.5 Å². The van der Waals surface area contributed by atoms with E-state index in [-0.39, 0.29) is 0 Å². The molecular formula is C12H15N3OS2. The first-order chi connectivity index (χ1) is 8.67. The fourth-order valence-electron chi connectivity index (χ4n) is 1.38. The summed E-state index contributed by atoms with van der Waals surface area (Å²) >= 11 is 2.95. The molecule has 0 saturated heterocycles. The Bertz CT molecular complexity index is 528. The summed E-state index contributed by atoms with van der Waals surface area (Å²) in [5.41, 5.74) is 6.57. The van der Waals surface area contributed by atoms with E-state index in [9.17, 15) is 0 Å². The van der Waals surface area contributed by atoms with E-state index in [4.69, 9.17) is 10.5 Å². The minimum Gasteiger partial charge on any atom is -0.493 e. The number of aryl methyl sites for hydroxylation is 1. The monoisotopic (exact) mass is 281 g/mol. The van der Waals surface area contributed by atoms with Crippen LogP contribution in [0.25, 0.3) is 0 Å². The maximum Gasteiger partial charge on any atom is 0.174 e. The van der Waals surface area contributed by atoms with Crippen molar-refractivity contribution in [2.75, 3.05) is 12.3 Å². The van der Waals surface area contributed by atoms with Crippen LogP contribution in [0.4, 0.5) is 5.69 Å². The molecule has 1 heterocycles. The van der Waals surface area contributed by atoms with Crippen LogP contribution in [-0.4, -0.2) is 16.0 Å². The zero-order valence-corrected chi connectivity index (χ0v) is 12.0. The lowest BCUT2D eigenvalue weighted by molar-refractivity contribution is 0.317. The van der Waals surface area contributed by atoms with Gasteiger partial charge in [0.05, 0.1) is 6.61 Å². The Hall–Kier alpha value is -1.27. The SMILES string of the molecule is CCCOc1cc(N)cc(Sc2nc(C)ns2)c1. The third kappa shape index (κ3) is 3.61. The number of nitrogens with zero attached hydrogens (tertiary/aromatic N) is 2. The number of nitrogens with two attached hydrogens (primary N) is 1. The summed E-state index contributed by atoms with van der Waals surface area (Å²) in [6, 6.07) is 5.73. The Kier molecular flexibility index (Phi) is 4.43. The molecule has 0 atom stereocenters. The van der Waals surface area contributed by atoms with Gasteiger partial charge in [0.15, 0.2) is 4.34 Å². The topological polar surface area (TPSA) is 61.0 Å². The van der Waals surface area contributed by atoms with Gasteiger partial charge in [-0.2, -0.15) is 4.37 Å². The van der Waals surface area contributed by atoms with E-state index in [0.29, 0.717) is 12.3 Å². The lowest BCUT2D eigenvalue weighted by atomic mass is 10.3. The van der Waals surface area contributed by atoms with Gasteiger partial charge in [0.25, 0.3) is 0 Å². The van der Waals surface area contributed by atoms with E-state index < -0.39 is 0 Å². The first-order valence-corrected chi connectivity index (χ1v) is 7.28. The average molecular weight is 281 g/mol. The second-order valence-electron chi connectivity index (χ2n) is 3.80. The molecule has 0 aliphatic rings. The standard InChI is InChI=1S/C12H15N3OS2/c1-3-4-16-10-5-9(13)6-11(7-10)17-12-14-8(2)15-18-12/h5-7H,3-4,13H2,1-2H3. The second kappa shape index (κ2) is 6.06. The molecule has 96 valence electrons. The van der Waals surface area contributed by atoms with Gasteiger partial charge in [0.1, 0.15) is 11.6 Å². The van der Waals surface area contributed by atoms with Crippen LogP contribution in [0, 0.1) is 6.92 Å². The molecule has 0 unspecified atom stereocenters. The third-order valence-corrected chi connectivity index (χ3v) is 3.90. The highest BCUT2D eigenvalue weighted by molar-refractivity contribution is 8.01. The molecule has 0 bridgehead atoms. The zero-order chi connectivity index (χ0) is 13.0. The van der Waals surface area contributed by atoms with Crippen molar-refractivity contribution in [3.8, 4) is 5.75 Å². The quantitative estimate of drug-likeness (QED) is 0.851. The Morgan fingerprint density at radius 3 is 2.89 bits per heavy atom. The van der Waals surface area contributed by atoms with Crippen molar-refractivity contribution in [1.29, 1.82) is 0 Å². The number of benzene rings is 1. The van der Waals surface area contributed by atoms with E-state index in [2.05, 4.69) is 16.3 Å². The maximum absolute atomic E-state index is 5.86. The number of aromatic nitrogens is 2. The molecule has 18 heavy (non-hydrogen) atoms. The molecule has 0 amide bonds. The summed E-state index contributed by atoms with van der Waals surface area (Å²) in [4.78, 5) is 5.34. The van der Waals surface area contributed by atoms with E-state index in [1.807, 2.05) is 25.1 Å². The van der Waals surface area contributed by atoms with Gasteiger partial charge in [0, 0.05) is 16.6 Å². The van der Waals surface area contributed by atoms with E-state index >= 15 is 0 Å². The van der Waals surface area contributed by atoms with Crippen LogP contribution >= 0.6 is 23.3 Å². The molecule has 6 heteroatoms. The van der Waals surface area contributed by atoms with E-state index in [1.54, 1.807) is 11.8 Å². The normalized spacial score (nSPS) is 10.6. The summed E-state index contributed by atoms with van der Waals surface area (Å²) in [6.07, 6.45) is 0.979. The fraction of sp³-hybridized carbons (Fsp3) is 0.333. The molecule has 1 aromatic carbocycles. The van der Waals surface area contributed by atoms with E-state index in [1.165, 1.54) is 11.5 Å². The summed E-state index contributed by atoms with van der Waals surface area (Å²) in [5.74, 6) is 1.61. The van der Waals surface area contributed by atoms with Gasteiger partial charge in [-0.25, -0.2) is 4.98 Å². The molecule has 0 radical (unpaired) electrons. The van der Waals surface area contributed by atoms with Crippen molar-refractivity contribution in [2.24, 2.45) is 0 Å². The first-order valence-electron chi connectivity index (χ1n) is 5.69. The van der Waals surface area contributed by atoms with Crippen LogP contribution in [0.1, 0.15) is 19.2 Å². The van der Waals surface area contributed by atoms with Gasteiger partial charge in [-0.15, -0.1) is 0 Å². The van der Waals surface area contributed by atoms with Gasteiger partial charge in [-0.3, -0.25) is 0 Å². The molecule has 0 aliphatic carbocycles.